The lowest BCUT2D eigenvalue weighted by Crippen LogP contribution is -2.35. The van der Waals surface area contributed by atoms with Gasteiger partial charge in [0.1, 0.15) is 23.2 Å². The smallest absolute Gasteiger partial charge is 0.253 e. The maximum atomic E-state index is 14.3. The zero-order valence-electron chi connectivity index (χ0n) is 20.4. The van der Waals surface area contributed by atoms with Crippen LogP contribution in [0, 0.1) is 5.82 Å². The predicted octanol–water partition coefficient (Wildman–Crippen LogP) is 4.41. The average molecular weight is 490 g/mol. The highest BCUT2D eigenvalue weighted by molar-refractivity contribution is 5.99. The van der Waals surface area contributed by atoms with E-state index < -0.39 is 11.7 Å². The molecule has 0 aliphatic carbocycles. The van der Waals surface area contributed by atoms with Crippen molar-refractivity contribution in [3.63, 3.8) is 0 Å². The Balaban J connectivity index is 1.52. The molecule has 186 valence electrons. The summed E-state index contributed by atoms with van der Waals surface area (Å²) in [6.45, 7) is 6.27. The molecule has 9 nitrogen and oxygen atoms in total. The Hall–Kier alpha value is -4.18. The number of amides is 1. The number of H-pyrrole nitrogens is 1. The molecular weight excluding hydrogens is 461 g/mol. The molecule has 5 N–H and O–H groups in total. The third-order valence-electron chi connectivity index (χ3n) is 6.48. The molecule has 3 aliphatic heterocycles. The zero-order valence-corrected chi connectivity index (χ0v) is 20.4. The van der Waals surface area contributed by atoms with E-state index >= 15 is 0 Å². The van der Waals surface area contributed by atoms with Crippen molar-refractivity contribution in [1.29, 1.82) is 0 Å². The van der Waals surface area contributed by atoms with Crippen molar-refractivity contribution in [2.75, 3.05) is 24.3 Å². The van der Waals surface area contributed by atoms with Gasteiger partial charge >= 0.3 is 0 Å². The lowest BCUT2D eigenvalue weighted by Gasteiger charge is -2.32. The number of aromatic nitrogens is 3. The summed E-state index contributed by atoms with van der Waals surface area (Å²) in [5, 5.41) is 6.38. The van der Waals surface area contributed by atoms with Crippen molar-refractivity contribution in [1.82, 2.24) is 19.9 Å². The van der Waals surface area contributed by atoms with Gasteiger partial charge in [0.15, 0.2) is 0 Å². The van der Waals surface area contributed by atoms with Gasteiger partial charge in [0.25, 0.3) is 5.91 Å². The number of hydrogen-bond donors (Lipinski definition) is 4. The second-order valence-electron chi connectivity index (χ2n) is 9.05. The molecule has 0 radical (unpaired) electrons. The first-order valence-electron chi connectivity index (χ1n) is 11.7. The molecule has 0 bridgehead atoms. The molecule has 0 saturated carbocycles. The summed E-state index contributed by atoms with van der Waals surface area (Å²) in [5.74, 6) is 0.473. The van der Waals surface area contributed by atoms with Gasteiger partial charge in [-0.2, -0.15) is 4.98 Å². The normalized spacial score (nSPS) is 13.6. The monoisotopic (exact) mass is 489 g/mol. The summed E-state index contributed by atoms with van der Waals surface area (Å²) in [5.41, 5.74) is 9.33. The highest BCUT2D eigenvalue weighted by Gasteiger charge is 2.22. The summed E-state index contributed by atoms with van der Waals surface area (Å²) in [4.78, 5) is 26.5. The number of nitrogens with two attached hydrogens (primary N) is 1. The van der Waals surface area contributed by atoms with E-state index in [1.807, 2.05) is 0 Å². The number of anilines is 4. The fourth-order valence-corrected chi connectivity index (χ4v) is 4.54. The van der Waals surface area contributed by atoms with Crippen molar-refractivity contribution in [3.05, 3.63) is 65.1 Å². The van der Waals surface area contributed by atoms with E-state index in [-0.39, 0.29) is 11.3 Å². The van der Waals surface area contributed by atoms with E-state index in [1.165, 1.54) is 23.3 Å². The molecule has 0 fully saturated rings. The minimum atomic E-state index is -0.873. The number of halogens is 1. The Kier molecular flexibility index (Phi) is 6.19. The van der Waals surface area contributed by atoms with Gasteiger partial charge in [-0.1, -0.05) is 6.07 Å². The molecule has 0 unspecified atom stereocenters. The van der Waals surface area contributed by atoms with Crippen molar-refractivity contribution < 1.29 is 13.9 Å². The quantitative estimate of drug-likeness (QED) is 0.303. The van der Waals surface area contributed by atoms with Crippen molar-refractivity contribution in [2.24, 2.45) is 5.73 Å². The number of nitrogens with one attached hydrogen (secondary N) is 3. The van der Waals surface area contributed by atoms with Crippen LogP contribution in [0.3, 0.4) is 0 Å². The fourth-order valence-electron chi connectivity index (χ4n) is 4.54. The Labute approximate surface area is 208 Å². The third-order valence-corrected chi connectivity index (χ3v) is 6.48. The van der Waals surface area contributed by atoms with Crippen molar-refractivity contribution in [2.45, 2.75) is 32.9 Å². The number of primary amides is 1. The van der Waals surface area contributed by atoms with Crippen LogP contribution in [0.4, 0.5) is 27.5 Å². The topological polar surface area (TPSA) is 121 Å². The van der Waals surface area contributed by atoms with Crippen LogP contribution in [0.2, 0.25) is 0 Å². The van der Waals surface area contributed by atoms with Crippen LogP contribution in [0.25, 0.3) is 11.4 Å². The number of methoxy groups -OCH3 is 1. The number of nitrogens with zero attached hydrogens (tertiary/aromatic N) is 3. The molecule has 10 heteroatoms. The Morgan fingerprint density at radius 2 is 2.03 bits per heavy atom. The number of aromatic amines is 1. The average Bonchev–Trinajstić information content (AvgIpc) is 3.32. The van der Waals surface area contributed by atoms with Crippen LogP contribution in [0.15, 0.2) is 42.6 Å². The van der Waals surface area contributed by atoms with E-state index in [1.54, 1.807) is 25.4 Å². The molecule has 1 amide bonds. The molecular formula is C26H28FN7O2. The first-order valence-corrected chi connectivity index (χ1v) is 11.7. The summed E-state index contributed by atoms with van der Waals surface area (Å²) < 4.78 is 20.0. The van der Waals surface area contributed by atoms with Crippen LogP contribution in [0.5, 0.6) is 5.75 Å². The molecule has 2 aromatic carbocycles. The maximum absolute atomic E-state index is 14.3. The minimum absolute atomic E-state index is 0.217. The van der Waals surface area contributed by atoms with Gasteiger partial charge in [0, 0.05) is 25.3 Å². The minimum Gasteiger partial charge on any atom is -0.495 e. The lowest BCUT2D eigenvalue weighted by atomic mass is 9.97. The van der Waals surface area contributed by atoms with Gasteiger partial charge in [-0.05, 0) is 61.7 Å². The maximum Gasteiger partial charge on any atom is 0.253 e. The van der Waals surface area contributed by atoms with E-state index in [4.69, 9.17) is 10.5 Å². The van der Waals surface area contributed by atoms with E-state index in [0.29, 0.717) is 34.9 Å². The van der Waals surface area contributed by atoms with E-state index in [0.717, 1.165) is 25.2 Å². The van der Waals surface area contributed by atoms with Crippen LogP contribution in [0.1, 0.15) is 35.3 Å². The van der Waals surface area contributed by atoms with Gasteiger partial charge in [-0.15, -0.1) is 0 Å². The molecule has 0 saturated heterocycles. The fraction of sp³-hybridized carbons (Fsp3) is 0.269. The number of carbonyl (C=O) groups is 1. The highest BCUT2D eigenvalue weighted by atomic mass is 19.1. The second-order valence-corrected chi connectivity index (χ2v) is 9.05. The predicted molar refractivity (Wildman–Crippen MR) is 137 cm³/mol. The van der Waals surface area contributed by atoms with Crippen molar-refractivity contribution >= 4 is 29.0 Å². The summed E-state index contributed by atoms with van der Waals surface area (Å²) in [6.07, 6.45) is 2.60. The Bertz CT molecular complexity index is 1400. The number of ether oxygens (including phenoxy) is 1. The zero-order chi connectivity index (χ0) is 25.4. The molecule has 0 spiro atoms. The standard InChI is InChI=1S/C26H28FN7O2/c1-14(2)34-10-8-15-12-21(36-3)20(11-16(15)13-34)31-26-32-24-17(7-9-29-24)25(33-26)30-19-6-4-5-18(27)22(19)23(28)35/h4-7,9,11-12,14H,8,10,13H2,1-3H3,(H2,28,35)(H3,29,30,31,32,33). The Morgan fingerprint density at radius 1 is 1.19 bits per heavy atom. The van der Waals surface area contributed by atoms with Crippen LogP contribution in [-0.2, 0) is 13.0 Å². The molecule has 5 rings (SSSR count). The molecule has 0 atom stereocenters. The van der Waals surface area contributed by atoms with Gasteiger partial charge in [0.05, 0.1) is 29.6 Å². The first-order chi connectivity index (χ1) is 17.3. The molecule has 3 heterocycles. The van der Waals surface area contributed by atoms with Crippen LogP contribution in [-0.4, -0.2) is 45.5 Å². The van der Waals surface area contributed by atoms with Crippen LogP contribution >= 0.6 is 0 Å². The number of carbonyl (C=O) groups excluding carboxylic acids is 1. The number of fused-ring (bicyclic) bond motifs is 2. The number of rotatable bonds is 7. The number of hydrogen-bond acceptors (Lipinski definition) is 7. The van der Waals surface area contributed by atoms with Gasteiger partial charge in [-0.25, -0.2) is 9.37 Å². The molecule has 36 heavy (non-hydrogen) atoms. The summed E-state index contributed by atoms with van der Waals surface area (Å²) in [6, 6.07) is 10.6. The molecule has 3 aliphatic rings. The van der Waals surface area contributed by atoms with Crippen LogP contribution < -0.4 is 21.1 Å². The number of benzene rings is 2. The summed E-state index contributed by atoms with van der Waals surface area (Å²) in [7, 11) is 1.64. The SMILES string of the molecule is COc1cc2c(cc1Nc1nc(Nc3cccc(F)c3C(N)=O)c3ccnc-3[nH]1)CN(C(C)C)CC2. The first kappa shape index (κ1) is 23.6. The summed E-state index contributed by atoms with van der Waals surface area (Å²) >= 11 is 0. The third kappa shape index (κ3) is 4.42. The largest absolute Gasteiger partial charge is 0.495 e. The second kappa shape index (κ2) is 9.46. The van der Waals surface area contributed by atoms with E-state index in [9.17, 15) is 9.18 Å². The van der Waals surface area contributed by atoms with Gasteiger partial charge in [0.2, 0.25) is 5.95 Å². The molecule has 2 aromatic rings. The van der Waals surface area contributed by atoms with Crippen molar-refractivity contribution in [3.8, 4) is 17.1 Å². The van der Waals surface area contributed by atoms with E-state index in [2.05, 4.69) is 56.5 Å². The van der Waals surface area contributed by atoms with Gasteiger partial charge < -0.3 is 26.1 Å². The molecule has 0 aromatic heterocycles. The highest BCUT2D eigenvalue weighted by Crippen LogP contribution is 2.36. The Morgan fingerprint density at radius 3 is 2.78 bits per heavy atom. The lowest BCUT2D eigenvalue weighted by molar-refractivity contribution is 0.0997. The van der Waals surface area contributed by atoms with Gasteiger partial charge in [-0.3, -0.25) is 9.69 Å².